The van der Waals surface area contributed by atoms with Gasteiger partial charge in [-0.3, -0.25) is 14.5 Å². The number of benzene rings is 1. The highest BCUT2D eigenvalue weighted by molar-refractivity contribution is 6.21. The quantitative estimate of drug-likeness (QED) is 0.726. The Morgan fingerprint density at radius 2 is 1.94 bits per heavy atom. The minimum Gasteiger partial charge on any atom is -0.270 e. The second kappa shape index (κ2) is 4.02. The third kappa shape index (κ3) is 1.70. The second-order valence-corrected chi connectivity index (χ2v) is 4.24. The summed E-state index contributed by atoms with van der Waals surface area (Å²) in [4.78, 5) is 25.3. The molecule has 1 atom stereocenters. The van der Waals surface area contributed by atoms with Crippen LogP contribution in [0, 0.1) is 18.3 Å². The van der Waals surface area contributed by atoms with Crippen LogP contribution in [0.25, 0.3) is 0 Å². The van der Waals surface area contributed by atoms with Gasteiger partial charge in [-0.15, -0.1) is 0 Å². The first-order valence-corrected chi connectivity index (χ1v) is 5.41. The second-order valence-electron chi connectivity index (χ2n) is 4.24. The third-order valence-corrected chi connectivity index (χ3v) is 2.90. The molecule has 1 unspecified atom stereocenters. The van der Waals surface area contributed by atoms with Crippen LogP contribution in [0.15, 0.2) is 18.2 Å². The van der Waals surface area contributed by atoms with E-state index in [0.717, 1.165) is 5.56 Å². The summed E-state index contributed by atoms with van der Waals surface area (Å²) in [5.41, 5.74) is 1.82. The number of aryl methyl sites for hydroxylation is 1. The van der Waals surface area contributed by atoms with E-state index in [2.05, 4.69) is 0 Å². The molecule has 0 radical (unpaired) electrons. The van der Waals surface area contributed by atoms with Gasteiger partial charge in [0.15, 0.2) is 0 Å². The molecule has 0 bridgehead atoms. The third-order valence-electron chi connectivity index (χ3n) is 2.90. The Kier molecular flexibility index (Phi) is 2.68. The molecule has 0 fully saturated rings. The number of fused-ring (bicyclic) bond motifs is 1. The molecule has 1 aliphatic heterocycles. The molecule has 2 amide bonds. The molecule has 0 saturated heterocycles. The molecule has 4 nitrogen and oxygen atoms in total. The van der Waals surface area contributed by atoms with Gasteiger partial charge in [0.25, 0.3) is 11.8 Å². The Morgan fingerprint density at radius 3 is 2.59 bits per heavy atom. The number of carbonyl (C=O) groups is 2. The predicted molar refractivity (Wildman–Crippen MR) is 61.4 cm³/mol. The van der Waals surface area contributed by atoms with Crippen molar-refractivity contribution in [2.24, 2.45) is 0 Å². The summed E-state index contributed by atoms with van der Waals surface area (Å²) in [7, 11) is 0. The van der Waals surface area contributed by atoms with Gasteiger partial charge < -0.3 is 0 Å². The minimum atomic E-state index is -0.382. The van der Waals surface area contributed by atoms with E-state index in [-0.39, 0.29) is 24.3 Å². The van der Waals surface area contributed by atoms with Gasteiger partial charge in [0, 0.05) is 0 Å². The molecule has 86 valence electrons. The van der Waals surface area contributed by atoms with Crippen LogP contribution >= 0.6 is 0 Å². The van der Waals surface area contributed by atoms with Crippen molar-refractivity contribution >= 4 is 11.8 Å². The molecule has 1 aromatic carbocycles. The lowest BCUT2D eigenvalue weighted by Crippen LogP contribution is -2.37. The van der Waals surface area contributed by atoms with Crippen LogP contribution in [0.4, 0.5) is 0 Å². The summed E-state index contributed by atoms with van der Waals surface area (Å²) in [5.74, 6) is -0.593. The van der Waals surface area contributed by atoms with Gasteiger partial charge in [-0.2, -0.15) is 5.26 Å². The van der Waals surface area contributed by atoms with Crippen LogP contribution in [-0.2, 0) is 0 Å². The van der Waals surface area contributed by atoms with E-state index in [0.29, 0.717) is 11.1 Å². The van der Waals surface area contributed by atoms with Gasteiger partial charge in [-0.05, 0) is 26.0 Å². The molecule has 0 saturated carbocycles. The largest absolute Gasteiger partial charge is 0.270 e. The van der Waals surface area contributed by atoms with Gasteiger partial charge in [0.2, 0.25) is 0 Å². The summed E-state index contributed by atoms with van der Waals surface area (Å²) in [5, 5.41) is 8.63. The number of hydrogen-bond donors (Lipinski definition) is 0. The van der Waals surface area contributed by atoms with Crippen molar-refractivity contribution in [3.8, 4) is 6.07 Å². The van der Waals surface area contributed by atoms with Crippen molar-refractivity contribution < 1.29 is 9.59 Å². The molecule has 0 N–H and O–H groups in total. The van der Waals surface area contributed by atoms with E-state index in [1.807, 2.05) is 19.1 Å². The zero-order valence-corrected chi connectivity index (χ0v) is 9.73. The Labute approximate surface area is 99.5 Å². The van der Waals surface area contributed by atoms with Crippen LogP contribution in [0.2, 0.25) is 0 Å². The number of carbonyl (C=O) groups excluding carboxylic acids is 2. The van der Waals surface area contributed by atoms with E-state index in [9.17, 15) is 9.59 Å². The molecule has 17 heavy (non-hydrogen) atoms. The average molecular weight is 228 g/mol. The van der Waals surface area contributed by atoms with Crippen molar-refractivity contribution in [2.75, 3.05) is 0 Å². The highest BCUT2D eigenvalue weighted by Crippen LogP contribution is 2.26. The zero-order chi connectivity index (χ0) is 12.6. The molecule has 2 rings (SSSR count). The summed E-state index contributed by atoms with van der Waals surface area (Å²) in [6.07, 6.45) is 0.157. The van der Waals surface area contributed by atoms with E-state index >= 15 is 0 Å². The van der Waals surface area contributed by atoms with Gasteiger partial charge in [0.1, 0.15) is 0 Å². The first kappa shape index (κ1) is 11.3. The highest BCUT2D eigenvalue weighted by Gasteiger charge is 2.38. The smallest absolute Gasteiger partial charge is 0.261 e. The lowest BCUT2D eigenvalue weighted by atomic mass is 10.1. The minimum absolute atomic E-state index is 0.157. The number of rotatable bonds is 2. The highest BCUT2D eigenvalue weighted by atomic mass is 16.2. The van der Waals surface area contributed by atoms with Crippen LogP contribution in [-0.4, -0.2) is 22.8 Å². The van der Waals surface area contributed by atoms with Gasteiger partial charge in [0.05, 0.1) is 29.7 Å². The van der Waals surface area contributed by atoms with Crippen molar-refractivity contribution in [3.05, 3.63) is 34.9 Å². The van der Waals surface area contributed by atoms with Crippen LogP contribution < -0.4 is 0 Å². The van der Waals surface area contributed by atoms with Gasteiger partial charge in [-0.1, -0.05) is 11.6 Å². The SMILES string of the molecule is Cc1ccc2c(c1)C(=O)N(C(C)CC#N)C2=O. The maximum absolute atomic E-state index is 12.1. The molecule has 1 heterocycles. The molecular formula is C13H12N2O2. The normalized spacial score (nSPS) is 15.7. The predicted octanol–water partition coefficient (Wildman–Crippen LogP) is 1.89. The van der Waals surface area contributed by atoms with E-state index in [1.54, 1.807) is 19.1 Å². The standard InChI is InChI=1S/C13H12N2O2/c1-8-3-4-10-11(7-8)13(17)15(12(10)16)9(2)5-6-14/h3-4,7,9H,5H2,1-2H3. The summed E-state index contributed by atoms with van der Waals surface area (Å²) < 4.78 is 0. The monoisotopic (exact) mass is 228 g/mol. The van der Waals surface area contributed by atoms with E-state index in [1.165, 1.54) is 4.90 Å². The Morgan fingerprint density at radius 1 is 1.29 bits per heavy atom. The topological polar surface area (TPSA) is 61.2 Å². The number of nitriles is 1. The Hall–Kier alpha value is -2.15. The number of amides is 2. The van der Waals surface area contributed by atoms with E-state index in [4.69, 9.17) is 5.26 Å². The number of imide groups is 1. The Bertz CT molecular complexity index is 543. The van der Waals surface area contributed by atoms with Crippen molar-refractivity contribution in [3.63, 3.8) is 0 Å². The van der Waals surface area contributed by atoms with Gasteiger partial charge >= 0.3 is 0 Å². The molecular weight excluding hydrogens is 216 g/mol. The number of nitrogens with zero attached hydrogens (tertiary/aromatic N) is 2. The first-order valence-electron chi connectivity index (χ1n) is 5.41. The molecule has 0 aromatic heterocycles. The van der Waals surface area contributed by atoms with Crippen molar-refractivity contribution in [2.45, 2.75) is 26.3 Å². The average Bonchev–Trinajstić information content (AvgIpc) is 2.52. The Balaban J connectivity index is 2.43. The first-order chi connectivity index (χ1) is 8.06. The molecule has 0 aliphatic carbocycles. The molecule has 1 aromatic rings. The van der Waals surface area contributed by atoms with E-state index < -0.39 is 0 Å². The molecule has 4 heteroatoms. The maximum atomic E-state index is 12.1. The number of hydrogen-bond acceptors (Lipinski definition) is 3. The maximum Gasteiger partial charge on any atom is 0.261 e. The lowest BCUT2D eigenvalue weighted by Gasteiger charge is -2.19. The molecule has 0 spiro atoms. The zero-order valence-electron chi connectivity index (χ0n) is 9.73. The summed E-state index contributed by atoms with van der Waals surface area (Å²) in [6, 6.07) is 6.79. The van der Waals surface area contributed by atoms with Crippen molar-refractivity contribution in [1.82, 2.24) is 4.90 Å². The van der Waals surface area contributed by atoms with Crippen LogP contribution in [0.3, 0.4) is 0 Å². The summed E-state index contributed by atoms with van der Waals surface area (Å²) >= 11 is 0. The fourth-order valence-electron chi connectivity index (χ4n) is 2.00. The summed E-state index contributed by atoms with van der Waals surface area (Å²) in [6.45, 7) is 3.58. The fourth-order valence-corrected chi connectivity index (χ4v) is 2.00. The molecule has 1 aliphatic rings. The van der Waals surface area contributed by atoms with Crippen molar-refractivity contribution in [1.29, 1.82) is 5.26 Å². The van der Waals surface area contributed by atoms with Crippen LogP contribution in [0.1, 0.15) is 39.6 Å². The lowest BCUT2D eigenvalue weighted by molar-refractivity contribution is 0.0599. The fraction of sp³-hybridized carbons (Fsp3) is 0.308. The van der Waals surface area contributed by atoms with Gasteiger partial charge in [-0.25, -0.2) is 0 Å². The van der Waals surface area contributed by atoms with Crippen LogP contribution in [0.5, 0.6) is 0 Å².